The standard InChI is InChI=1S/C32H27ClN4O/c1-20-15-24(32(2,3)4)25(33)16-23(20)28-17-29(38-19-21-9-6-5-7-10-21)30-26(37-28)13-14-35-31(30)27-12-8-11-22(18-34)36-27/h5-17H,19H2,1-4H3. The van der Waals surface area contributed by atoms with E-state index in [2.05, 4.69) is 49.8 Å². The first kappa shape index (κ1) is 25.4. The van der Waals surface area contributed by atoms with Crippen LogP contribution in [0.15, 0.2) is 79.0 Å². The molecule has 38 heavy (non-hydrogen) atoms. The molecule has 0 amide bonds. The lowest BCUT2D eigenvalue weighted by Crippen LogP contribution is -2.12. The molecule has 0 unspecified atom stereocenters. The average molecular weight is 519 g/mol. The molecule has 5 aromatic rings. The molecule has 0 aliphatic carbocycles. The van der Waals surface area contributed by atoms with Gasteiger partial charge in [0.25, 0.3) is 0 Å². The Morgan fingerprint density at radius 2 is 1.71 bits per heavy atom. The summed E-state index contributed by atoms with van der Waals surface area (Å²) in [5.41, 5.74) is 7.08. The van der Waals surface area contributed by atoms with Crippen molar-refractivity contribution in [2.45, 2.75) is 39.7 Å². The lowest BCUT2D eigenvalue weighted by atomic mass is 9.85. The molecule has 3 aromatic heterocycles. The van der Waals surface area contributed by atoms with E-state index in [4.69, 9.17) is 21.3 Å². The van der Waals surface area contributed by atoms with Crippen molar-refractivity contribution in [2.75, 3.05) is 0 Å². The zero-order valence-electron chi connectivity index (χ0n) is 21.8. The highest BCUT2D eigenvalue weighted by atomic mass is 35.5. The van der Waals surface area contributed by atoms with Crippen LogP contribution in [0, 0.1) is 18.3 Å². The van der Waals surface area contributed by atoms with Gasteiger partial charge in [-0.1, -0.05) is 74.8 Å². The summed E-state index contributed by atoms with van der Waals surface area (Å²) in [6, 6.07) is 25.4. The second-order valence-electron chi connectivity index (χ2n) is 10.3. The van der Waals surface area contributed by atoms with E-state index in [0.29, 0.717) is 34.5 Å². The summed E-state index contributed by atoms with van der Waals surface area (Å²) in [5.74, 6) is 0.636. The minimum Gasteiger partial charge on any atom is -0.488 e. The Labute approximate surface area is 227 Å². The Kier molecular flexibility index (Phi) is 6.84. The number of pyridine rings is 3. The van der Waals surface area contributed by atoms with Crippen LogP contribution in [0.2, 0.25) is 5.02 Å². The highest BCUT2D eigenvalue weighted by molar-refractivity contribution is 6.31. The Bertz CT molecular complexity index is 1680. The first-order valence-corrected chi connectivity index (χ1v) is 12.8. The van der Waals surface area contributed by atoms with Crippen LogP contribution < -0.4 is 4.74 Å². The van der Waals surface area contributed by atoms with Crippen molar-refractivity contribution in [2.24, 2.45) is 0 Å². The number of hydrogen-bond donors (Lipinski definition) is 0. The third-order valence-electron chi connectivity index (χ3n) is 6.43. The van der Waals surface area contributed by atoms with Crippen molar-refractivity contribution in [1.82, 2.24) is 15.0 Å². The molecular formula is C32H27ClN4O. The van der Waals surface area contributed by atoms with Gasteiger partial charge in [0.15, 0.2) is 0 Å². The van der Waals surface area contributed by atoms with Gasteiger partial charge >= 0.3 is 0 Å². The zero-order valence-corrected chi connectivity index (χ0v) is 22.5. The monoisotopic (exact) mass is 518 g/mol. The molecule has 5 rings (SSSR count). The van der Waals surface area contributed by atoms with E-state index in [1.54, 1.807) is 18.3 Å². The second kappa shape index (κ2) is 10.2. The van der Waals surface area contributed by atoms with E-state index in [1.807, 2.05) is 54.6 Å². The number of ether oxygens (including phenoxy) is 1. The largest absolute Gasteiger partial charge is 0.488 e. The van der Waals surface area contributed by atoms with Crippen LogP contribution in [0.1, 0.15) is 43.2 Å². The Morgan fingerprint density at radius 1 is 0.921 bits per heavy atom. The topological polar surface area (TPSA) is 71.7 Å². The van der Waals surface area contributed by atoms with Crippen molar-refractivity contribution in [3.63, 3.8) is 0 Å². The van der Waals surface area contributed by atoms with Crippen LogP contribution in [0.3, 0.4) is 0 Å². The van der Waals surface area contributed by atoms with Gasteiger partial charge in [-0.15, -0.1) is 0 Å². The molecule has 0 atom stereocenters. The van der Waals surface area contributed by atoms with Gasteiger partial charge in [-0.2, -0.15) is 5.26 Å². The zero-order chi connectivity index (χ0) is 26.9. The molecule has 0 aliphatic rings. The number of aryl methyl sites for hydroxylation is 1. The Morgan fingerprint density at radius 3 is 2.45 bits per heavy atom. The van der Waals surface area contributed by atoms with E-state index in [-0.39, 0.29) is 5.41 Å². The number of rotatable bonds is 5. The fourth-order valence-corrected chi connectivity index (χ4v) is 4.94. The predicted molar refractivity (Wildman–Crippen MR) is 152 cm³/mol. The minimum absolute atomic E-state index is 0.0767. The van der Waals surface area contributed by atoms with Gasteiger partial charge in [0.05, 0.1) is 22.3 Å². The summed E-state index contributed by atoms with van der Waals surface area (Å²) in [7, 11) is 0. The SMILES string of the molecule is Cc1cc(C(C)(C)C)c(Cl)cc1-c1cc(OCc2ccccc2)c2c(-c3cccc(C#N)n3)nccc2n1. The molecule has 0 fully saturated rings. The maximum atomic E-state index is 9.39. The molecule has 2 aromatic carbocycles. The molecule has 0 aliphatic heterocycles. The average Bonchev–Trinajstić information content (AvgIpc) is 2.92. The van der Waals surface area contributed by atoms with E-state index in [1.165, 1.54) is 0 Å². The fraction of sp³-hybridized carbons (Fsp3) is 0.188. The van der Waals surface area contributed by atoms with E-state index < -0.39 is 0 Å². The lowest BCUT2D eigenvalue weighted by Gasteiger charge is -2.22. The van der Waals surface area contributed by atoms with Crippen molar-refractivity contribution < 1.29 is 4.74 Å². The first-order valence-electron chi connectivity index (χ1n) is 12.4. The summed E-state index contributed by atoms with van der Waals surface area (Å²) >= 11 is 6.77. The maximum Gasteiger partial charge on any atom is 0.141 e. The summed E-state index contributed by atoms with van der Waals surface area (Å²) in [5, 5.41) is 10.8. The summed E-state index contributed by atoms with van der Waals surface area (Å²) in [4.78, 5) is 14.1. The maximum absolute atomic E-state index is 9.39. The number of aromatic nitrogens is 3. The first-order chi connectivity index (χ1) is 18.2. The van der Waals surface area contributed by atoms with Crippen molar-refractivity contribution in [1.29, 1.82) is 5.26 Å². The Balaban J connectivity index is 1.71. The summed E-state index contributed by atoms with van der Waals surface area (Å²) in [6.45, 7) is 8.91. The normalized spacial score (nSPS) is 11.4. The van der Waals surface area contributed by atoms with E-state index in [9.17, 15) is 5.26 Å². The second-order valence-corrected chi connectivity index (χ2v) is 10.7. The third-order valence-corrected chi connectivity index (χ3v) is 6.74. The number of nitriles is 1. The lowest BCUT2D eigenvalue weighted by molar-refractivity contribution is 0.310. The van der Waals surface area contributed by atoms with Gasteiger partial charge in [0.1, 0.15) is 29.8 Å². The quantitative estimate of drug-likeness (QED) is 0.235. The molecule has 188 valence electrons. The van der Waals surface area contributed by atoms with Gasteiger partial charge in [0, 0.05) is 22.8 Å². The number of hydrogen-bond acceptors (Lipinski definition) is 5. The smallest absolute Gasteiger partial charge is 0.141 e. The molecule has 0 saturated carbocycles. The van der Waals surface area contributed by atoms with Crippen LogP contribution in [-0.4, -0.2) is 15.0 Å². The fourth-order valence-electron chi connectivity index (χ4n) is 4.49. The highest BCUT2D eigenvalue weighted by Gasteiger charge is 2.21. The third kappa shape index (κ3) is 5.09. The molecule has 0 radical (unpaired) electrons. The molecule has 0 bridgehead atoms. The van der Waals surface area contributed by atoms with Crippen LogP contribution in [0.25, 0.3) is 33.5 Å². The van der Waals surface area contributed by atoms with Crippen molar-refractivity contribution in [3.8, 4) is 34.5 Å². The van der Waals surface area contributed by atoms with Crippen LogP contribution >= 0.6 is 11.6 Å². The van der Waals surface area contributed by atoms with Gasteiger partial charge in [-0.05, 0) is 53.3 Å². The van der Waals surface area contributed by atoms with Crippen LogP contribution in [0.5, 0.6) is 5.75 Å². The van der Waals surface area contributed by atoms with Crippen LogP contribution in [0.4, 0.5) is 0 Å². The van der Waals surface area contributed by atoms with Gasteiger partial charge in [-0.25, -0.2) is 9.97 Å². The number of benzene rings is 2. The molecule has 0 saturated heterocycles. The van der Waals surface area contributed by atoms with Crippen molar-refractivity contribution >= 4 is 22.5 Å². The molecule has 0 N–H and O–H groups in total. The predicted octanol–water partition coefficient (Wildman–Crippen LogP) is 8.07. The minimum atomic E-state index is -0.0767. The molecule has 5 nitrogen and oxygen atoms in total. The summed E-state index contributed by atoms with van der Waals surface area (Å²) < 4.78 is 6.43. The molecular weight excluding hydrogens is 492 g/mol. The number of fused-ring (bicyclic) bond motifs is 1. The molecule has 3 heterocycles. The van der Waals surface area contributed by atoms with Crippen LogP contribution in [-0.2, 0) is 12.0 Å². The number of nitrogens with zero attached hydrogens (tertiary/aromatic N) is 4. The van der Waals surface area contributed by atoms with Gasteiger partial charge < -0.3 is 4.74 Å². The highest BCUT2D eigenvalue weighted by Crippen LogP contribution is 2.39. The van der Waals surface area contributed by atoms with Crippen molar-refractivity contribution in [3.05, 3.63) is 106 Å². The Hall–Kier alpha value is -4.27. The summed E-state index contributed by atoms with van der Waals surface area (Å²) in [6.07, 6.45) is 1.71. The van der Waals surface area contributed by atoms with E-state index >= 15 is 0 Å². The molecule has 0 spiro atoms. The van der Waals surface area contributed by atoms with E-state index in [0.717, 1.165) is 38.9 Å². The van der Waals surface area contributed by atoms with Gasteiger partial charge in [-0.3, -0.25) is 4.98 Å². The molecule has 6 heteroatoms. The number of halogens is 1. The van der Waals surface area contributed by atoms with Gasteiger partial charge in [0.2, 0.25) is 0 Å².